The normalized spacial score (nSPS) is 10.0. The Morgan fingerprint density at radius 2 is 1.74 bits per heavy atom. The van der Waals surface area contributed by atoms with Gasteiger partial charge in [-0.2, -0.15) is 0 Å². The highest BCUT2D eigenvalue weighted by Gasteiger charge is 2.09. The summed E-state index contributed by atoms with van der Waals surface area (Å²) in [7, 11) is 1.67. The molecule has 0 N–H and O–H groups in total. The van der Waals surface area contributed by atoms with Gasteiger partial charge in [-0.05, 0) is 37.3 Å². The van der Waals surface area contributed by atoms with Gasteiger partial charge in [0.25, 0.3) is 0 Å². The van der Waals surface area contributed by atoms with Gasteiger partial charge < -0.3 is 4.90 Å². The predicted molar refractivity (Wildman–Crippen MR) is 75.5 cm³/mol. The molecular formula is C16H15NO2. The second-order valence-corrected chi connectivity index (χ2v) is 4.46. The molecule has 0 saturated heterocycles. The number of aryl methyl sites for hydroxylation is 1. The van der Waals surface area contributed by atoms with Gasteiger partial charge in [0.15, 0.2) is 5.78 Å². The van der Waals surface area contributed by atoms with Crippen LogP contribution >= 0.6 is 0 Å². The summed E-state index contributed by atoms with van der Waals surface area (Å²) in [6, 6.07) is 14.5. The fraction of sp³-hybridized carbons (Fsp3) is 0.125. The van der Waals surface area contributed by atoms with Gasteiger partial charge in [0, 0.05) is 23.9 Å². The van der Waals surface area contributed by atoms with E-state index in [9.17, 15) is 9.59 Å². The van der Waals surface area contributed by atoms with Gasteiger partial charge in [0.2, 0.25) is 6.41 Å². The van der Waals surface area contributed by atoms with E-state index in [0.29, 0.717) is 11.1 Å². The molecule has 0 aliphatic carbocycles. The maximum Gasteiger partial charge on any atom is 0.213 e. The van der Waals surface area contributed by atoms with Crippen LogP contribution in [0.2, 0.25) is 0 Å². The van der Waals surface area contributed by atoms with Gasteiger partial charge in [-0.15, -0.1) is 0 Å². The summed E-state index contributed by atoms with van der Waals surface area (Å²) in [4.78, 5) is 24.4. The first-order valence-corrected chi connectivity index (χ1v) is 6.01. The highest BCUT2D eigenvalue weighted by Crippen LogP contribution is 2.16. The van der Waals surface area contributed by atoms with Crippen LogP contribution in [0, 0.1) is 6.92 Å². The largest absolute Gasteiger partial charge is 0.318 e. The number of benzene rings is 2. The number of nitrogens with zero attached hydrogens (tertiary/aromatic N) is 1. The molecule has 2 aromatic carbocycles. The molecular weight excluding hydrogens is 238 g/mol. The van der Waals surface area contributed by atoms with Crippen LogP contribution in [-0.2, 0) is 4.79 Å². The molecule has 1 amide bonds. The van der Waals surface area contributed by atoms with Crippen molar-refractivity contribution in [3.05, 3.63) is 65.2 Å². The number of ketones is 1. The summed E-state index contributed by atoms with van der Waals surface area (Å²) >= 11 is 0. The van der Waals surface area contributed by atoms with Crippen LogP contribution in [0.1, 0.15) is 21.5 Å². The summed E-state index contributed by atoms with van der Waals surface area (Å²) < 4.78 is 0. The van der Waals surface area contributed by atoms with Gasteiger partial charge >= 0.3 is 0 Å². The van der Waals surface area contributed by atoms with Gasteiger partial charge in [-0.25, -0.2) is 0 Å². The smallest absolute Gasteiger partial charge is 0.213 e. The van der Waals surface area contributed by atoms with Gasteiger partial charge in [-0.3, -0.25) is 9.59 Å². The zero-order chi connectivity index (χ0) is 13.8. The van der Waals surface area contributed by atoms with Crippen LogP contribution in [0.4, 0.5) is 5.69 Å². The Balaban J connectivity index is 2.27. The van der Waals surface area contributed by atoms with Crippen molar-refractivity contribution < 1.29 is 9.59 Å². The van der Waals surface area contributed by atoms with Crippen LogP contribution in [0.25, 0.3) is 0 Å². The maximum absolute atomic E-state index is 12.3. The lowest BCUT2D eigenvalue weighted by molar-refractivity contribution is -0.107. The molecule has 0 aliphatic heterocycles. The van der Waals surface area contributed by atoms with Crippen LogP contribution < -0.4 is 4.90 Å². The quantitative estimate of drug-likeness (QED) is 0.620. The molecule has 0 unspecified atom stereocenters. The standard InChI is InChI=1S/C16H15NO2/c1-12-4-3-5-14(10-12)16(19)13-6-8-15(9-7-13)17(2)11-18/h3-11H,1-2H3. The van der Waals surface area contributed by atoms with Crippen molar-refractivity contribution in [2.45, 2.75) is 6.92 Å². The highest BCUT2D eigenvalue weighted by atomic mass is 16.1. The molecule has 19 heavy (non-hydrogen) atoms. The number of rotatable bonds is 4. The topological polar surface area (TPSA) is 37.4 Å². The van der Waals surface area contributed by atoms with Gasteiger partial charge in [-0.1, -0.05) is 23.8 Å². The summed E-state index contributed by atoms with van der Waals surface area (Å²) in [6.45, 7) is 1.96. The molecule has 0 saturated carbocycles. The number of amides is 1. The van der Waals surface area contributed by atoms with Crippen molar-refractivity contribution in [1.29, 1.82) is 0 Å². The molecule has 3 nitrogen and oxygen atoms in total. The molecule has 2 rings (SSSR count). The van der Waals surface area contributed by atoms with E-state index in [2.05, 4.69) is 0 Å². The van der Waals surface area contributed by atoms with E-state index >= 15 is 0 Å². The summed E-state index contributed by atoms with van der Waals surface area (Å²) in [5.74, 6) is -0.0102. The van der Waals surface area contributed by atoms with Crippen molar-refractivity contribution in [3.63, 3.8) is 0 Å². The Hall–Kier alpha value is -2.42. The summed E-state index contributed by atoms with van der Waals surface area (Å²) in [5, 5.41) is 0. The van der Waals surface area contributed by atoms with E-state index in [-0.39, 0.29) is 5.78 Å². The van der Waals surface area contributed by atoms with Crippen LogP contribution in [-0.4, -0.2) is 19.2 Å². The maximum atomic E-state index is 12.3. The molecule has 0 bridgehead atoms. The average Bonchev–Trinajstić information content (AvgIpc) is 2.46. The van der Waals surface area contributed by atoms with Crippen LogP contribution in [0.15, 0.2) is 48.5 Å². The summed E-state index contributed by atoms with van der Waals surface area (Å²) in [5.41, 5.74) is 3.11. The zero-order valence-electron chi connectivity index (χ0n) is 11.0. The van der Waals surface area contributed by atoms with Gasteiger partial charge in [0.1, 0.15) is 0 Å². The molecule has 2 aromatic rings. The molecule has 0 heterocycles. The summed E-state index contributed by atoms with van der Waals surface area (Å²) in [6.07, 6.45) is 0.734. The van der Waals surface area contributed by atoms with Crippen molar-refractivity contribution in [3.8, 4) is 0 Å². The fourth-order valence-corrected chi connectivity index (χ4v) is 1.86. The lowest BCUT2D eigenvalue weighted by Crippen LogP contribution is -2.13. The molecule has 3 heteroatoms. The number of anilines is 1. The van der Waals surface area contributed by atoms with Crippen molar-refractivity contribution in [2.24, 2.45) is 0 Å². The third-order valence-electron chi connectivity index (χ3n) is 2.98. The van der Waals surface area contributed by atoms with Crippen LogP contribution in [0.5, 0.6) is 0 Å². The first kappa shape index (κ1) is 13.0. The Bertz CT molecular complexity index is 602. The molecule has 0 atom stereocenters. The third-order valence-corrected chi connectivity index (χ3v) is 2.98. The number of carbonyl (C=O) groups excluding carboxylic acids is 2. The molecule has 0 radical (unpaired) electrons. The Morgan fingerprint density at radius 3 is 2.32 bits per heavy atom. The van der Waals surface area contributed by atoms with Crippen molar-refractivity contribution in [1.82, 2.24) is 0 Å². The number of carbonyl (C=O) groups is 2. The Kier molecular flexibility index (Phi) is 3.76. The first-order valence-electron chi connectivity index (χ1n) is 6.01. The number of hydrogen-bond donors (Lipinski definition) is 0. The average molecular weight is 253 g/mol. The lowest BCUT2D eigenvalue weighted by atomic mass is 10.0. The van der Waals surface area contributed by atoms with Crippen LogP contribution in [0.3, 0.4) is 0 Å². The highest BCUT2D eigenvalue weighted by molar-refractivity contribution is 6.09. The van der Waals surface area contributed by atoms with E-state index in [4.69, 9.17) is 0 Å². The lowest BCUT2D eigenvalue weighted by Gasteiger charge is -2.10. The zero-order valence-corrected chi connectivity index (χ0v) is 11.0. The minimum atomic E-state index is -0.0102. The SMILES string of the molecule is Cc1cccc(C(=O)c2ccc(N(C)C=O)cc2)c1. The predicted octanol–water partition coefficient (Wildman–Crippen LogP) is 2.82. The van der Waals surface area contributed by atoms with E-state index in [1.165, 1.54) is 4.90 Å². The van der Waals surface area contributed by atoms with E-state index in [0.717, 1.165) is 17.7 Å². The van der Waals surface area contributed by atoms with E-state index in [1.807, 2.05) is 25.1 Å². The second-order valence-electron chi connectivity index (χ2n) is 4.46. The second kappa shape index (κ2) is 5.48. The van der Waals surface area contributed by atoms with E-state index in [1.54, 1.807) is 37.4 Å². The number of hydrogen-bond acceptors (Lipinski definition) is 2. The van der Waals surface area contributed by atoms with Gasteiger partial charge in [0.05, 0.1) is 0 Å². The molecule has 96 valence electrons. The van der Waals surface area contributed by atoms with Crippen molar-refractivity contribution in [2.75, 3.05) is 11.9 Å². The molecule has 0 aromatic heterocycles. The Labute approximate surface area is 112 Å². The van der Waals surface area contributed by atoms with E-state index < -0.39 is 0 Å². The monoisotopic (exact) mass is 253 g/mol. The first-order chi connectivity index (χ1) is 9.11. The molecule has 0 aliphatic rings. The molecule has 0 fully saturated rings. The fourth-order valence-electron chi connectivity index (χ4n) is 1.86. The molecule has 0 spiro atoms. The minimum Gasteiger partial charge on any atom is -0.318 e. The Morgan fingerprint density at radius 1 is 1.05 bits per heavy atom. The minimum absolute atomic E-state index is 0.0102. The third kappa shape index (κ3) is 2.88. The van der Waals surface area contributed by atoms with Crippen molar-refractivity contribution >= 4 is 17.9 Å².